The Balaban J connectivity index is 1.13. The molecule has 0 radical (unpaired) electrons. The molecule has 0 N–H and O–H groups in total. The van der Waals surface area contributed by atoms with Crippen molar-refractivity contribution in [2.24, 2.45) is 23.7 Å². The lowest BCUT2D eigenvalue weighted by Crippen LogP contribution is -2.42. The fraction of sp³-hybridized carbons (Fsp3) is 0.750. The molecule has 0 spiro atoms. The molecule has 2 saturated heterocycles. The maximum Gasteiger partial charge on any atom is 0.390 e. The number of sulfonamides is 1. The number of alkyl halides is 3. The van der Waals surface area contributed by atoms with Crippen LogP contribution in [0.15, 0.2) is 12.4 Å². The van der Waals surface area contributed by atoms with Crippen molar-refractivity contribution in [2.45, 2.75) is 45.2 Å². The van der Waals surface area contributed by atoms with Crippen LogP contribution in [0.3, 0.4) is 0 Å². The third-order valence-corrected chi connectivity index (χ3v) is 9.10. The first kappa shape index (κ1) is 26.2. The molecule has 2 aliphatic heterocycles. The molecule has 0 amide bonds. The first-order chi connectivity index (χ1) is 16.6. The quantitative estimate of drug-likeness (QED) is 0.471. The number of aromatic nitrogens is 2. The summed E-state index contributed by atoms with van der Waals surface area (Å²) in [6.45, 7) is 5.43. The van der Waals surface area contributed by atoms with Crippen molar-refractivity contribution < 1.29 is 26.3 Å². The fourth-order valence-corrected chi connectivity index (χ4v) is 6.50. The van der Waals surface area contributed by atoms with Crippen molar-refractivity contribution in [3.63, 3.8) is 0 Å². The van der Waals surface area contributed by atoms with E-state index in [0.29, 0.717) is 37.9 Å². The summed E-state index contributed by atoms with van der Waals surface area (Å²) in [6.07, 6.45) is 1.22. The summed E-state index contributed by atoms with van der Waals surface area (Å²) in [7, 11) is -3.87. The number of anilines is 1. The van der Waals surface area contributed by atoms with Gasteiger partial charge >= 0.3 is 6.18 Å². The highest BCUT2D eigenvalue weighted by molar-refractivity contribution is 7.89. The van der Waals surface area contributed by atoms with Gasteiger partial charge in [0, 0.05) is 51.1 Å². The highest BCUT2D eigenvalue weighted by Gasteiger charge is 2.36. The van der Waals surface area contributed by atoms with Gasteiger partial charge in [0.1, 0.15) is 0 Å². The maximum atomic E-state index is 12.4. The summed E-state index contributed by atoms with van der Waals surface area (Å²) in [5.41, 5.74) is 1.05. The highest BCUT2D eigenvalue weighted by Crippen LogP contribution is 2.35. The molecule has 1 aliphatic carbocycles. The normalized spacial score (nSPS) is 24.6. The van der Waals surface area contributed by atoms with Gasteiger partial charge in [-0.3, -0.25) is 0 Å². The molecule has 4 rings (SSSR count). The Hall–Kier alpha value is -1.90. The van der Waals surface area contributed by atoms with Crippen LogP contribution in [0.2, 0.25) is 0 Å². The molecule has 194 valence electrons. The van der Waals surface area contributed by atoms with Crippen LogP contribution in [0.5, 0.6) is 0 Å². The van der Waals surface area contributed by atoms with Gasteiger partial charge in [-0.1, -0.05) is 11.8 Å². The molecule has 2 fully saturated rings. The Morgan fingerprint density at radius 2 is 1.69 bits per heavy atom. The van der Waals surface area contributed by atoms with Crippen molar-refractivity contribution in [1.29, 1.82) is 0 Å². The number of hydrogen-bond donors (Lipinski definition) is 0. The van der Waals surface area contributed by atoms with E-state index in [-0.39, 0.29) is 24.9 Å². The smallest absolute Gasteiger partial charge is 0.380 e. The number of halogens is 3. The molecule has 3 aliphatic rings. The van der Waals surface area contributed by atoms with E-state index < -0.39 is 28.4 Å². The molecule has 3 heterocycles. The van der Waals surface area contributed by atoms with Gasteiger partial charge in [0.25, 0.3) is 0 Å². The van der Waals surface area contributed by atoms with Gasteiger partial charge in [0.15, 0.2) is 0 Å². The number of hydrogen-bond acceptors (Lipinski definition) is 6. The summed E-state index contributed by atoms with van der Waals surface area (Å²) in [5, 5.41) is 0. The first-order valence-corrected chi connectivity index (χ1v) is 13.9. The standard InChI is InChI=1S/C24H33F3N4O3S/c1-18-14-28-23(29-15-18)30-9-6-20(7-10-30)22-3-2-21(22)17-34-16-19-4-11-31(12-5-19)35(32,33)13-8-24(25,26)27/h14-15,19-22H,4-13,16-17H2,1H3/t21-,22+/m0/s1. The van der Waals surface area contributed by atoms with Crippen molar-refractivity contribution in [1.82, 2.24) is 14.3 Å². The van der Waals surface area contributed by atoms with Crippen molar-refractivity contribution >= 4 is 16.0 Å². The average molecular weight is 515 g/mol. The molecule has 1 aromatic rings. The van der Waals surface area contributed by atoms with Crippen LogP contribution in [-0.4, -0.2) is 74.0 Å². The summed E-state index contributed by atoms with van der Waals surface area (Å²) >= 11 is 0. The minimum absolute atomic E-state index is 0.216. The van der Waals surface area contributed by atoms with E-state index in [9.17, 15) is 21.6 Å². The molecule has 0 unspecified atom stereocenters. The zero-order valence-corrected chi connectivity index (χ0v) is 20.8. The maximum absolute atomic E-state index is 12.4. The monoisotopic (exact) mass is 514 g/mol. The summed E-state index contributed by atoms with van der Waals surface area (Å²) in [4.78, 5) is 11.1. The van der Waals surface area contributed by atoms with E-state index in [0.717, 1.165) is 37.4 Å². The van der Waals surface area contributed by atoms with Crippen LogP contribution in [0.25, 0.3) is 0 Å². The molecule has 2 atom stereocenters. The molecule has 0 aromatic carbocycles. The minimum Gasteiger partial charge on any atom is -0.380 e. The molecule has 0 saturated carbocycles. The summed E-state index contributed by atoms with van der Waals surface area (Å²) in [6, 6.07) is 0. The van der Waals surface area contributed by atoms with E-state index in [1.165, 1.54) is 4.31 Å². The zero-order valence-electron chi connectivity index (χ0n) is 20.0. The second kappa shape index (κ2) is 11.0. The van der Waals surface area contributed by atoms with E-state index in [1.807, 2.05) is 19.3 Å². The van der Waals surface area contributed by atoms with Gasteiger partial charge in [-0.05, 0) is 50.0 Å². The van der Waals surface area contributed by atoms with E-state index in [4.69, 9.17) is 4.74 Å². The van der Waals surface area contributed by atoms with Crippen LogP contribution in [0, 0.1) is 42.4 Å². The topological polar surface area (TPSA) is 75.6 Å². The molecule has 0 bridgehead atoms. The molecule has 7 nitrogen and oxygen atoms in total. The second-order valence-electron chi connectivity index (χ2n) is 9.87. The Bertz CT molecular complexity index is 1010. The molecular weight excluding hydrogens is 481 g/mol. The van der Waals surface area contributed by atoms with Gasteiger partial charge in [-0.2, -0.15) is 13.2 Å². The summed E-state index contributed by atoms with van der Waals surface area (Å²) < 4.78 is 68.6. The van der Waals surface area contributed by atoms with Gasteiger partial charge in [-0.15, -0.1) is 0 Å². The van der Waals surface area contributed by atoms with Crippen LogP contribution in [0.4, 0.5) is 19.1 Å². The fourth-order valence-electron chi connectivity index (χ4n) is 4.99. The molecular formula is C24H33F3N4O3S. The Morgan fingerprint density at radius 3 is 2.26 bits per heavy atom. The van der Waals surface area contributed by atoms with Gasteiger partial charge in [-0.25, -0.2) is 22.7 Å². The van der Waals surface area contributed by atoms with Gasteiger partial charge in [0.2, 0.25) is 16.0 Å². The first-order valence-electron chi connectivity index (χ1n) is 12.3. The number of nitrogens with zero attached hydrogens (tertiary/aromatic N) is 4. The highest BCUT2D eigenvalue weighted by atomic mass is 32.2. The Morgan fingerprint density at radius 1 is 1.03 bits per heavy atom. The van der Waals surface area contributed by atoms with Crippen LogP contribution < -0.4 is 4.90 Å². The lowest BCUT2D eigenvalue weighted by molar-refractivity contribution is -0.130. The predicted molar refractivity (Wildman–Crippen MR) is 126 cm³/mol. The van der Waals surface area contributed by atoms with Gasteiger partial charge < -0.3 is 9.64 Å². The summed E-state index contributed by atoms with van der Waals surface area (Å²) in [5.74, 6) is 7.80. The van der Waals surface area contributed by atoms with Crippen molar-refractivity contribution in [2.75, 3.05) is 50.0 Å². The van der Waals surface area contributed by atoms with E-state index >= 15 is 0 Å². The number of rotatable bonds is 9. The molecule has 11 heteroatoms. The zero-order chi connectivity index (χ0) is 25.1. The number of aryl methyl sites for hydroxylation is 1. The Kier molecular flexibility index (Phi) is 8.23. The average Bonchev–Trinajstić information content (AvgIpc) is 2.81. The van der Waals surface area contributed by atoms with Crippen LogP contribution in [0.1, 0.15) is 37.7 Å². The predicted octanol–water partition coefficient (Wildman–Crippen LogP) is 3.26. The largest absolute Gasteiger partial charge is 0.390 e. The van der Waals surface area contributed by atoms with Crippen LogP contribution >= 0.6 is 0 Å². The van der Waals surface area contributed by atoms with Crippen molar-refractivity contribution in [3.8, 4) is 11.8 Å². The van der Waals surface area contributed by atoms with Crippen molar-refractivity contribution in [3.05, 3.63) is 18.0 Å². The lowest BCUT2D eigenvalue weighted by atomic mass is 9.73. The SMILES string of the molecule is Cc1cnc(N2CCC([C@H]3C#C[C@H]3COCC3CCN(S(=O)(=O)CCC(F)(F)F)CC3)CC2)nc1. The third-order valence-electron chi connectivity index (χ3n) is 7.23. The minimum atomic E-state index is -4.46. The van der Waals surface area contributed by atoms with Gasteiger partial charge in [0.05, 0.1) is 24.7 Å². The third kappa shape index (κ3) is 7.08. The van der Waals surface area contributed by atoms with Crippen LogP contribution in [-0.2, 0) is 14.8 Å². The molecule has 35 heavy (non-hydrogen) atoms. The lowest BCUT2D eigenvalue weighted by Gasteiger charge is -2.38. The Labute approximate surface area is 205 Å². The molecule has 1 aromatic heterocycles. The van der Waals surface area contributed by atoms with E-state index in [2.05, 4.69) is 26.7 Å². The van der Waals surface area contributed by atoms with E-state index in [1.54, 1.807) is 0 Å². The number of piperidine rings is 2. The second-order valence-corrected chi connectivity index (χ2v) is 12.0. The number of ether oxygens (including phenoxy) is 1.